The molecule has 2 N–H and O–H groups in total. The molecule has 0 amide bonds. The van der Waals surface area contributed by atoms with Crippen LogP contribution in [-0.2, 0) is 6.42 Å². The van der Waals surface area contributed by atoms with E-state index in [9.17, 15) is 0 Å². The molecule has 2 aromatic carbocycles. The summed E-state index contributed by atoms with van der Waals surface area (Å²) in [7, 11) is 0. The molecule has 2 unspecified atom stereocenters. The molecule has 2 nitrogen and oxygen atoms in total. The van der Waals surface area contributed by atoms with Crippen molar-refractivity contribution >= 4 is 10.9 Å². The Morgan fingerprint density at radius 3 is 2.77 bits per heavy atom. The molecule has 0 fully saturated rings. The number of rotatable bonds is 6. The summed E-state index contributed by atoms with van der Waals surface area (Å²) in [6.45, 7) is 3.22. The van der Waals surface area contributed by atoms with E-state index in [1.165, 1.54) is 46.9 Å². The second-order valence-corrected chi connectivity index (χ2v) is 7.43. The van der Waals surface area contributed by atoms with Crippen LogP contribution in [0.1, 0.15) is 41.9 Å². The number of hydrogen-bond acceptors (Lipinski definition) is 1. The minimum atomic E-state index is 0.498. The van der Waals surface area contributed by atoms with Gasteiger partial charge in [0.2, 0.25) is 0 Å². The van der Waals surface area contributed by atoms with Crippen molar-refractivity contribution in [1.29, 1.82) is 0 Å². The largest absolute Gasteiger partial charge is 0.361 e. The summed E-state index contributed by atoms with van der Waals surface area (Å²) in [5.41, 5.74) is 5.57. The summed E-state index contributed by atoms with van der Waals surface area (Å²) in [4.78, 5) is 3.39. The molecule has 0 radical (unpaired) electrons. The topological polar surface area (TPSA) is 27.8 Å². The summed E-state index contributed by atoms with van der Waals surface area (Å²) in [5, 5.41) is 5.10. The van der Waals surface area contributed by atoms with Crippen LogP contribution >= 0.6 is 0 Å². The maximum atomic E-state index is 3.73. The van der Waals surface area contributed by atoms with Gasteiger partial charge in [-0.05, 0) is 48.9 Å². The van der Waals surface area contributed by atoms with Crippen LogP contribution in [0.2, 0.25) is 0 Å². The Morgan fingerprint density at radius 2 is 1.85 bits per heavy atom. The number of aryl methyl sites for hydroxylation is 2. The first-order valence-corrected chi connectivity index (χ1v) is 9.83. The minimum Gasteiger partial charge on any atom is -0.361 e. The van der Waals surface area contributed by atoms with Crippen molar-refractivity contribution in [1.82, 2.24) is 10.3 Å². The highest BCUT2D eigenvalue weighted by Crippen LogP contribution is 2.29. The van der Waals surface area contributed by atoms with Crippen molar-refractivity contribution in [3.63, 3.8) is 0 Å². The van der Waals surface area contributed by atoms with Gasteiger partial charge >= 0.3 is 0 Å². The highest BCUT2D eigenvalue weighted by atomic mass is 14.9. The van der Waals surface area contributed by atoms with E-state index in [2.05, 4.69) is 84.1 Å². The van der Waals surface area contributed by atoms with Gasteiger partial charge in [-0.3, -0.25) is 0 Å². The molecule has 0 aliphatic carbocycles. The molecule has 4 rings (SSSR count). The second kappa shape index (κ2) is 7.92. The lowest BCUT2D eigenvalue weighted by Crippen LogP contribution is -2.37. The molecule has 1 aliphatic rings. The van der Waals surface area contributed by atoms with E-state index in [-0.39, 0.29) is 0 Å². The average molecular weight is 345 g/mol. The summed E-state index contributed by atoms with van der Waals surface area (Å²) in [5.74, 6) is 0.498. The second-order valence-electron chi connectivity index (χ2n) is 7.43. The Morgan fingerprint density at radius 1 is 1.00 bits per heavy atom. The van der Waals surface area contributed by atoms with Gasteiger partial charge in [0.25, 0.3) is 0 Å². The fraction of sp³-hybridized carbons (Fsp3) is 0.333. The molecule has 3 aromatic rings. The van der Waals surface area contributed by atoms with Crippen LogP contribution in [0, 0.1) is 6.92 Å². The number of H-pyrrole nitrogens is 1. The lowest BCUT2D eigenvalue weighted by atomic mass is 9.84. The van der Waals surface area contributed by atoms with Gasteiger partial charge in [0.15, 0.2) is 0 Å². The van der Waals surface area contributed by atoms with Crippen LogP contribution in [-0.4, -0.2) is 17.6 Å². The predicted molar refractivity (Wildman–Crippen MR) is 111 cm³/mol. The summed E-state index contributed by atoms with van der Waals surface area (Å²) in [6.07, 6.45) is 11.7. The third-order valence-electron chi connectivity index (χ3n) is 5.71. The molecule has 134 valence electrons. The first kappa shape index (κ1) is 17.1. The van der Waals surface area contributed by atoms with Crippen LogP contribution in [0.25, 0.3) is 10.9 Å². The lowest BCUT2D eigenvalue weighted by Gasteiger charge is -2.30. The number of fused-ring (bicyclic) bond motifs is 1. The average Bonchev–Trinajstić information content (AvgIpc) is 3.09. The van der Waals surface area contributed by atoms with Crippen molar-refractivity contribution in [3.8, 4) is 0 Å². The first-order chi connectivity index (χ1) is 12.8. The van der Waals surface area contributed by atoms with Gasteiger partial charge in [-0.1, -0.05) is 61.0 Å². The Balaban J connectivity index is 1.36. The van der Waals surface area contributed by atoms with Crippen molar-refractivity contribution < 1.29 is 0 Å². The summed E-state index contributed by atoms with van der Waals surface area (Å²) >= 11 is 0. The van der Waals surface area contributed by atoms with Gasteiger partial charge < -0.3 is 10.3 Å². The van der Waals surface area contributed by atoms with E-state index >= 15 is 0 Å². The number of hydrogen-bond donors (Lipinski definition) is 2. The zero-order valence-electron chi connectivity index (χ0n) is 15.5. The van der Waals surface area contributed by atoms with Gasteiger partial charge in [0.1, 0.15) is 0 Å². The molecule has 0 bridgehead atoms. The Kier molecular flexibility index (Phi) is 5.21. The van der Waals surface area contributed by atoms with E-state index in [1.807, 2.05) is 0 Å². The highest BCUT2D eigenvalue weighted by molar-refractivity contribution is 5.82. The van der Waals surface area contributed by atoms with Crippen LogP contribution in [0.15, 0.2) is 66.9 Å². The fourth-order valence-corrected chi connectivity index (χ4v) is 4.28. The Hall–Kier alpha value is -2.32. The van der Waals surface area contributed by atoms with E-state index in [4.69, 9.17) is 0 Å². The SMILES string of the molecule is Cc1ccccc1C1C=CCNC1CCCCc1c[nH]c2ccccc12. The lowest BCUT2D eigenvalue weighted by molar-refractivity contribution is 0.432. The molecular formula is C24H28N2. The van der Waals surface area contributed by atoms with Crippen molar-refractivity contribution in [2.45, 2.75) is 44.6 Å². The number of para-hydroxylation sites is 1. The number of nitrogens with one attached hydrogen (secondary N) is 2. The molecule has 1 aliphatic heterocycles. The number of aromatic nitrogens is 1. The number of aromatic amines is 1. The third kappa shape index (κ3) is 3.61. The van der Waals surface area contributed by atoms with Gasteiger partial charge in [0.05, 0.1) is 0 Å². The van der Waals surface area contributed by atoms with Crippen LogP contribution in [0.5, 0.6) is 0 Å². The standard InChI is InChI=1S/C24H28N2/c1-18-9-2-4-11-20(18)22-13-8-16-25-24(22)15-6-3-10-19-17-26-23-14-7-5-12-21(19)23/h2,4-5,7-9,11-14,17,22,24-26H,3,6,10,15-16H2,1H3. The first-order valence-electron chi connectivity index (χ1n) is 9.83. The molecule has 2 heterocycles. The molecule has 0 spiro atoms. The number of unbranched alkanes of at least 4 members (excludes halogenated alkanes) is 1. The monoisotopic (exact) mass is 344 g/mol. The molecule has 26 heavy (non-hydrogen) atoms. The number of benzene rings is 2. The molecular weight excluding hydrogens is 316 g/mol. The summed E-state index contributed by atoms with van der Waals surface area (Å²) in [6, 6.07) is 18.0. The Bertz CT molecular complexity index is 890. The zero-order valence-corrected chi connectivity index (χ0v) is 15.5. The molecule has 0 saturated heterocycles. The van der Waals surface area contributed by atoms with E-state index < -0.39 is 0 Å². The zero-order chi connectivity index (χ0) is 17.8. The normalized spacial score (nSPS) is 19.9. The summed E-state index contributed by atoms with van der Waals surface area (Å²) < 4.78 is 0. The van der Waals surface area contributed by atoms with Crippen LogP contribution in [0.3, 0.4) is 0 Å². The maximum absolute atomic E-state index is 3.73. The predicted octanol–water partition coefficient (Wildman–Crippen LogP) is 5.50. The quantitative estimate of drug-likeness (QED) is 0.448. The molecule has 2 atom stereocenters. The molecule has 0 saturated carbocycles. The van der Waals surface area contributed by atoms with Crippen LogP contribution < -0.4 is 5.32 Å². The molecule has 2 heteroatoms. The maximum Gasteiger partial charge on any atom is 0.0456 e. The molecule has 1 aromatic heterocycles. The van der Waals surface area contributed by atoms with Crippen molar-refractivity contribution in [2.75, 3.05) is 6.54 Å². The van der Waals surface area contributed by atoms with E-state index in [0.717, 1.165) is 13.0 Å². The third-order valence-corrected chi connectivity index (χ3v) is 5.71. The fourth-order valence-electron chi connectivity index (χ4n) is 4.28. The van der Waals surface area contributed by atoms with Crippen LogP contribution in [0.4, 0.5) is 0 Å². The van der Waals surface area contributed by atoms with Gasteiger partial charge in [-0.2, -0.15) is 0 Å². The Labute approximate surface area is 156 Å². The van der Waals surface area contributed by atoms with Gasteiger partial charge in [-0.15, -0.1) is 0 Å². The highest BCUT2D eigenvalue weighted by Gasteiger charge is 2.23. The van der Waals surface area contributed by atoms with Gasteiger partial charge in [0, 0.05) is 35.6 Å². The van der Waals surface area contributed by atoms with E-state index in [1.54, 1.807) is 0 Å². The van der Waals surface area contributed by atoms with Crippen molar-refractivity contribution in [3.05, 3.63) is 83.6 Å². The minimum absolute atomic E-state index is 0.498. The van der Waals surface area contributed by atoms with Crippen molar-refractivity contribution in [2.24, 2.45) is 0 Å². The van der Waals surface area contributed by atoms with Gasteiger partial charge in [-0.25, -0.2) is 0 Å². The van der Waals surface area contributed by atoms with E-state index in [0.29, 0.717) is 12.0 Å². The smallest absolute Gasteiger partial charge is 0.0456 e.